The Morgan fingerprint density at radius 3 is 2.50 bits per heavy atom. The average molecular weight is 329 g/mol. The summed E-state index contributed by atoms with van der Waals surface area (Å²) in [4.78, 5) is 4.87. The van der Waals surface area contributed by atoms with E-state index in [4.69, 9.17) is 17.2 Å². The number of aryl methyl sites for hydroxylation is 1. The first-order valence-corrected chi connectivity index (χ1v) is 8.52. The Labute approximate surface area is 139 Å². The van der Waals surface area contributed by atoms with Crippen molar-refractivity contribution < 1.29 is 0 Å². The van der Waals surface area contributed by atoms with Crippen molar-refractivity contribution in [2.24, 2.45) is 0 Å². The largest absolute Gasteiger partial charge is 0.242 e. The number of benzene rings is 1. The second-order valence-corrected chi connectivity index (χ2v) is 8.17. The van der Waals surface area contributed by atoms with E-state index in [1.165, 1.54) is 5.56 Å². The van der Waals surface area contributed by atoms with Gasteiger partial charge in [-0.3, -0.25) is 0 Å². The Bertz CT molecular complexity index is 871. The highest BCUT2D eigenvalue weighted by atomic mass is 32.1. The fourth-order valence-corrected chi connectivity index (χ4v) is 3.92. The van der Waals surface area contributed by atoms with E-state index in [-0.39, 0.29) is 5.54 Å². The summed E-state index contributed by atoms with van der Waals surface area (Å²) in [7, 11) is 0. The summed E-state index contributed by atoms with van der Waals surface area (Å²) >= 11 is 7.20. The highest BCUT2D eigenvalue weighted by molar-refractivity contribution is 7.73. The summed E-state index contributed by atoms with van der Waals surface area (Å²) in [5.41, 5.74) is 3.00. The molecule has 0 aliphatic rings. The molecule has 0 radical (unpaired) electrons. The molecule has 5 heteroatoms. The van der Waals surface area contributed by atoms with Crippen LogP contribution in [-0.4, -0.2) is 14.8 Å². The van der Waals surface area contributed by atoms with Crippen molar-refractivity contribution >= 4 is 34.6 Å². The third kappa shape index (κ3) is 2.83. The van der Waals surface area contributed by atoms with Crippen LogP contribution in [0.5, 0.6) is 0 Å². The minimum atomic E-state index is -0.114. The second-order valence-electron chi connectivity index (χ2n) is 6.42. The lowest BCUT2D eigenvalue weighted by atomic mass is 10.1. The molecular weight excluding hydrogens is 310 g/mol. The van der Waals surface area contributed by atoms with Crippen molar-refractivity contribution in [3.63, 3.8) is 0 Å². The summed E-state index contributed by atoms with van der Waals surface area (Å²) in [5, 5.41) is 6.72. The van der Waals surface area contributed by atoms with E-state index < -0.39 is 0 Å². The highest BCUT2D eigenvalue weighted by Gasteiger charge is 2.21. The Kier molecular flexibility index (Phi) is 3.87. The molecule has 0 saturated carbocycles. The van der Waals surface area contributed by atoms with E-state index in [0.717, 1.165) is 32.0 Å². The Hall–Kier alpha value is -1.59. The molecule has 22 heavy (non-hydrogen) atoms. The number of fused-ring (bicyclic) bond motifs is 1. The van der Waals surface area contributed by atoms with Gasteiger partial charge in [-0.15, -0.1) is 11.3 Å². The standard InChI is InChI=1S/C17H19N3S2/c1-11-14-15(20(19-11)17(2,3)4)18-13(22-16(14)21)10-12-8-6-5-7-9-12/h5-9H,10H2,1-4H3. The van der Waals surface area contributed by atoms with Crippen molar-refractivity contribution in [3.8, 4) is 0 Å². The molecule has 0 fully saturated rings. The van der Waals surface area contributed by atoms with Gasteiger partial charge >= 0.3 is 0 Å². The summed E-state index contributed by atoms with van der Waals surface area (Å²) in [6.45, 7) is 8.41. The Morgan fingerprint density at radius 1 is 1.18 bits per heavy atom. The average Bonchev–Trinajstić information content (AvgIpc) is 2.77. The molecule has 0 aliphatic heterocycles. The SMILES string of the molecule is Cc1nn(C(C)(C)C)c2nc(Cc3ccccc3)sc(=S)c12. The highest BCUT2D eigenvalue weighted by Crippen LogP contribution is 2.27. The van der Waals surface area contributed by atoms with Crippen molar-refractivity contribution in [1.82, 2.24) is 14.8 Å². The van der Waals surface area contributed by atoms with E-state index in [9.17, 15) is 0 Å². The van der Waals surface area contributed by atoms with Crippen molar-refractivity contribution in [2.75, 3.05) is 0 Å². The third-order valence-electron chi connectivity index (χ3n) is 3.51. The van der Waals surface area contributed by atoms with Gasteiger partial charge in [0.2, 0.25) is 0 Å². The molecule has 2 heterocycles. The molecule has 0 saturated heterocycles. The maximum Gasteiger partial charge on any atom is 0.162 e. The second kappa shape index (κ2) is 5.56. The van der Waals surface area contributed by atoms with E-state index in [2.05, 4.69) is 50.1 Å². The summed E-state index contributed by atoms with van der Waals surface area (Å²) in [5.74, 6) is 0. The lowest BCUT2D eigenvalue weighted by Crippen LogP contribution is -2.23. The molecule has 1 aromatic carbocycles. The van der Waals surface area contributed by atoms with Crippen LogP contribution in [0.15, 0.2) is 30.3 Å². The minimum Gasteiger partial charge on any atom is -0.242 e. The molecule has 0 N–H and O–H groups in total. The number of hydrogen-bond donors (Lipinski definition) is 0. The summed E-state index contributed by atoms with van der Waals surface area (Å²) < 4.78 is 2.87. The van der Waals surface area contributed by atoms with Crippen molar-refractivity contribution in [3.05, 3.63) is 50.4 Å². The molecule has 0 aliphatic carbocycles. The molecule has 0 atom stereocenters. The zero-order valence-electron chi connectivity index (χ0n) is 13.3. The topological polar surface area (TPSA) is 30.7 Å². The van der Waals surface area contributed by atoms with Crippen LogP contribution in [0, 0.1) is 10.7 Å². The number of hydrogen-bond acceptors (Lipinski definition) is 4. The normalized spacial score (nSPS) is 12.0. The van der Waals surface area contributed by atoms with Crippen molar-refractivity contribution in [2.45, 2.75) is 39.7 Å². The van der Waals surface area contributed by atoms with Crippen LogP contribution >= 0.6 is 23.6 Å². The smallest absolute Gasteiger partial charge is 0.162 e. The maximum absolute atomic E-state index is 5.61. The Balaban J connectivity index is 2.17. The molecule has 3 nitrogen and oxygen atoms in total. The predicted octanol–water partition coefficient (Wildman–Crippen LogP) is 4.88. The van der Waals surface area contributed by atoms with Crippen LogP contribution in [0.2, 0.25) is 0 Å². The number of aromatic nitrogens is 3. The van der Waals surface area contributed by atoms with Gasteiger partial charge in [0.15, 0.2) is 5.65 Å². The van der Waals surface area contributed by atoms with Crippen molar-refractivity contribution in [1.29, 1.82) is 0 Å². The quantitative estimate of drug-likeness (QED) is 0.628. The molecule has 3 aromatic rings. The van der Waals surface area contributed by atoms with E-state index >= 15 is 0 Å². The molecule has 0 unspecified atom stereocenters. The minimum absolute atomic E-state index is 0.114. The summed E-state index contributed by atoms with van der Waals surface area (Å²) in [6, 6.07) is 10.4. The summed E-state index contributed by atoms with van der Waals surface area (Å²) in [6.07, 6.45) is 0.805. The van der Waals surface area contributed by atoms with Gasteiger partial charge in [0.1, 0.15) is 8.83 Å². The van der Waals surface area contributed by atoms with Gasteiger partial charge in [-0.2, -0.15) is 5.10 Å². The first-order valence-electron chi connectivity index (χ1n) is 7.30. The van der Waals surface area contributed by atoms with Crippen LogP contribution in [-0.2, 0) is 12.0 Å². The monoisotopic (exact) mass is 329 g/mol. The molecule has 2 aromatic heterocycles. The van der Waals surface area contributed by atoms with Crippen LogP contribution in [0.4, 0.5) is 0 Å². The molecule has 3 rings (SSSR count). The molecule has 0 spiro atoms. The maximum atomic E-state index is 5.61. The number of rotatable bonds is 2. The lowest BCUT2D eigenvalue weighted by Gasteiger charge is -2.19. The molecular formula is C17H19N3S2. The fourth-order valence-electron chi connectivity index (χ4n) is 2.47. The first kappa shape index (κ1) is 15.3. The van der Waals surface area contributed by atoms with Gasteiger partial charge in [-0.1, -0.05) is 42.5 Å². The van der Waals surface area contributed by atoms with Crippen LogP contribution in [0.25, 0.3) is 11.0 Å². The zero-order valence-corrected chi connectivity index (χ0v) is 14.9. The fraction of sp³-hybridized carbons (Fsp3) is 0.353. The van der Waals surface area contributed by atoms with Crippen LogP contribution in [0.3, 0.4) is 0 Å². The Morgan fingerprint density at radius 2 is 1.86 bits per heavy atom. The van der Waals surface area contributed by atoms with Gasteiger partial charge in [-0.05, 0) is 33.3 Å². The van der Waals surface area contributed by atoms with Gasteiger partial charge in [0.05, 0.1) is 16.6 Å². The zero-order chi connectivity index (χ0) is 15.9. The van der Waals surface area contributed by atoms with E-state index in [0.29, 0.717) is 0 Å². The van der Waals surface area contributed by atoms with Crippen LogP contribution < -0.4 is 0 Å². The van der Waals surface area contributed by atoms with Gasteiger partial charge in [-0.25, -0.2) is 9.67 Å². The van der Waals surface area contributed by atoms with Gasteiger partial charge in [0.25, 0.3) is 0 Å². The predicted molar refractivity (Wildman–Crippen MR) is 95.2 cm³/mol. The molecule has 0 amide bonds. The van der Waals surface area contributed by atoms with Gasteiger partial charge in [0, 0.05) is 6.42 Å². The van der Waals surface area contributed by atoms with Gasteiger partial charge < -0.3 is 0 Å². The van der Waals surface area contributed by atoms with Crippen LogP contribution in [0.1, 0.15) is 37.0 Å². The molecule has 114 valence electrons. The lowest BCUT2D eigenvalue weighted by molar-refractivity contribution is 0.364. The number of nitrogens with zero attached hydrogens (tertiary/aromatic N) is 3. The molecule has 0 bridgehead atoms. The first-order chi connectivity index (χ1) is 10.4. The third-order valence-corrected chi connectivity index (χ3v) is 4.83. The van der Waals surface area contributed by atoms with E-state index in [1.807, 2.05) is 17.7 Å². The van der Waals surface area contributed by atoms with E-state index in [1.54, 1.807) is 11.3 Å².